The van der Waals surface area contributed by atoms with Gasteiger partial charge in [0.15, 0.2) is 5.76 Å². The van der Waals surface area contributed by atoms with E-state index in [0.717, 1.165) is 5.56 Å². The number of sulfonamides is 1. The summed E-state index contributed by atoms with van der Waals surface area (Å²) in [5.74, 6) is 0.839. The summed E-state index contributed by atoms with van der Waals surface area (Å²) < 4.78 is 31.2. The Bertz CT molecular complexity index is 1090. The van der Waals surface area contributed by atoms with Crippen LogP contribution in [-0.2, 0) is 16.6 Å². The number of anilines is 1. The molecular weight excluding hydrogens is 378 g/mol. The molecule has 4 rings (SSSR count). The number of carbonyl (C=O) groups is 1. The van der Waals surface area contributed by atoms with Crippen LogP contribution in [0.25, 0.3) is 11.3 Å². The quantitative estimate of drug-likeness (QED) is 0.715. The number of hydrogen-bond acceptors (Lipinski definition) is 5. The smallest absolute Gasteiger partial charge is 0.251 e. The third kappa shape index (κ3) is 3.77. The van der Waals surface area contributed by atoms with Gasteiger partial charge in [0, 0.05) is 17.7 Å². The number of carbonyl (C=O) groups excluding carboxylic acids is 1. The molecule has 2 heterocycles. The average Bonchev–Trinajstić information content (AvgIpc) is 3.33. The highest BCUT2D eigenvalue weighted by molar-refractivity contribution is 7.93. The number of nitrogens with zero attached hydrogens (tertiary/aromatic N) is 2. The Labute approximate surface area is 163 Å². The van der Waals surface area contributed by atoms with Gasteiger partial charge in [-0.05, 0) is 24.6 Å². The van der Waals surface area contributed by atoms with Crippen molar-refractivity contribution in [1.29, 1.82) is 0 Å². The van der Waals surface area contributed by atoms with Crippen LogP contribution in [0.3, 0.4) is 0 Å². The Morgan fingerprint density at radius 3 is 2.71 bits per heavy atom. The van der Waals surface area contributed by atoms with Gasteiger partial charge in [0.05, 0.1) is 24.2 Å². The minimum absolute atomic E-state index is 0.136. The molecule has 0 unspecified atom stereocenters. The number of oxazole rings is 1. The lowest BCUT2D eigenvalue weighted by molar-refractivity contribution is 0.0947. The van der Waals surface area contributed by atoms with Crippen LogP contribution in [0.15, 0.2) is 65.2 Å². The second-order valence-corrected chi connectivity index (χ2v) is 8.47. The standard InChI is InChI=1S/C20H19N3O4S/c24-20(16-8-4-9-17(12-16)23-10-5-11-28(23,25)26)22-14-19-21-13-18(27-19)15-6-2-1-3-7-15/h1-4,6-9,12-13H,5,10-11,14H2,(H,22,24). The van der Waals surface area contributed by atoms with Crippen LogP contribution in [0.1, 0.15) is 22.7 Å². The number of hydrogen-bond donors (Lipinski definition) is 1. The summed E-state index contributed by atoms with van der Waals surface area (Å²) in [6.07, 6.45) is 2.21. The molecular formula is C20H19N3O4S. The largest absolute Gasteiger partial charge is 0.439 e. The molecule has 0 saturated carbocycles. The van der Waals surface area contributed by atoms with Crippen molar-refractivity contribution < 1.29 is 17.6 Å². The van der Waals surface area contributed by atoms with E-state index in [2.05, 4.69) is 10.3 Å². The first-order valence-electron chi connectivity index (χ1n) is 8.92. The highest BCUT2D eigenvalue weighted by Gasteiger charge is 2.28. The molecule has 8 heteroatoms. The molecule has 144 valence electrons. The monoisotopic (exact) mass is 397 g/mol. The van der Waals surface area contributed by atoms with Gasteiger partial charge in [0.1, 0.15) is 0 Å². The fraction of sp³-hybridized carbons (Fsp3) is 0.200. The molecule has 0 bridgehead atoms. The maximum Gasteiger partial charge on any atom is 0.251 e. The lowest BCUT2D eigenvalue weighted by Crippen LogP contribution is -2.26. The van der Waals surface area contributed by atoms with Crippen molar-refractivity contribution in [3.05, 3.63) is 72.2 Å². The molecule has 28 heavy (non-hydrogen) atoms. The zero-order chi connectivity index (χ0) is 19.6. The van der Waals surface area contributed by atoms with Crippen LogP contribution in [0, 0.1) is 0 Å². The summed E-state index contributed by atoms with van der Waals surface area (Å²) in [5.41, 5.74) is 1.80. The summed E-state index contributed by atoms with van der Waals surface area (Å²) in [6, 6.07) is 16.2. The lowest BCUT2D eigenvalue weighted by Gasteiger charge is -2.17. The molecule has 0 radical (unpaired) electrons. The molecule has 1 aromatic heterocycles. The Kier molecular flexibility index (Phi) is 4.87. The molecule has 3 aromatic rings. The molecule has 0 atom stereocenters. The van der Waals surface area contributed by atoms with E-state index in [1.54, 1.807) is 30.5 Å². The van der Waals surface area contributed by atoms with Crippen molar-refractivity contribution >= 4 is 21.6 Å². The number of nitrogens with one attached hydrogen (secondary N) is 1. The van der Waals surface area contributed by atoms with Crippen LogP contribution in [0.2, 0.25) is 0 Å². The molecule has 1 aliphatic rings. The van der Waals surface area contributed by atoms with E-state index in [1.165, 1.54) is 4.31 Å². The molecule has 1 amide bonds. The Hall–Kier alpha value is -3.13. The van der Waals surface area contributed by atoms with Crippen molar-refractivity contribution in [3.63, 3.8) is 0 Å². The first-order chi connectivity index (χ1) is 13.5. The predicted molar refractivity (Wildman–Crippen MR) is 105 cm³/mol. The minimum Gasteiger partial charge on any atom is -0.439 e. The maximum atomic E-state index is 12.5. The number of aromatic nitrogens is 1. The minimum atomic E-state index is -3.28. The highest BCUT2D eigenvalue weighted by atomic mass is 32.2. The molecule has 1 N–H and O–H groups in total. The van der Waals surface area contributed by atoms with Crippen LogP contribution in [-0.4, -0.2) is 31.6 Å². The normalized spacial score (nSPS) is 15.5. The van der Waals surface area contributed by atoms with Crippen molar-refractivity contribution in [2.24, 2.45) is 0 Å². The Morgan fingerprint density at radius 1 is 1.14 bits per heavy atom. The predicted octanol–water partition coefficient (Wildman–Crippen LogP) is 2.81. The van der Waals surface area contributed by atoms with Gasteiger partial charge >= 0.3 is 0 Å². The first kappa shape index (κ1) is 18.2. The molecule has 1 fully saturated rings. The third-order valence-electron chi connectivity index (χ3n) is 4.51. The van der Waals surface area contributed by atoms with Crippen LogP contribution < -0.4 is 9.62 Å². The van der Waals surface area contributed by atoms with Crippen LogP contribution >= 0.6 is 0 Å². The van der Waals surface area contributed by atoms with E-state index in [-0.39, 0.29) is 18.2 Å². The fourth-order valence-electron chi connectivity index (χ4n) is 3.12. The van der Waals surface area contributed by atoms with Crippen molar-refractivity contribution in [2.75, 3.05) is 16.6 Å². The summed E-state index contributed by atoms with van der Waals surface area (Å²) in [7, 11) is -3.28. The summed E-state index contributed by atoms with van der Waals surface area (Å²) in [6.45, 7) is 0.573. The van der Waals surface area contributed by atoms with Gasteiger partial charge in [0.25, 0.3) is 5.91 Å². The van der Waals surface area contributed by atoms with E-state index in [4.69, 9.17) is 4.42 Å². The van der Waals surface area contributed by atoms with Crippen LogP contribution in [0.5, 0.6) is 0 Å². The summed E-state index contributed by atoms with van der Waals surface area (Å²) in [4.78, 5) is 16.7. The van der Waals surface area contributed by atoms with Gasteiger partial charge in [-0.3, -0.25) is 9.10 Å². The zero-order valence-corrected chi connectivity index (χ0v) is 15.9. The Morgan fingerprint density at radius 2 is 1.96 bits per heavy atom. The van der Waals surface area contributed by atoms with Gasteiger partial charge in [0.2, 0.25) is 15.9 Å². The zero-order valence-electron chi connectivity index (χ0n) is 15.0. The van der Waals surface area contributed by atoms with E-state index in [9.17, 15) is 13.2 Å². The van der Waals surface area contributed by atoms with E-state index in [0.29, 0.717) is 35.9 Å². The lowest BCUT2D eigenvalue weighted by atomic mass is 10.2. The van der Waals surface area contributed by atoms with Crippen molar-refractivity contribution in [2.45, 2.75) is 13.0 Å². The van der Waals surface area contributed by atoms with E-state index in [1.807, 2.05) is 30.3 Å². The molecule has 7 nitrogen and oxygen atoms in total. The van der Waals surface area contributed by atoms with E-state index < -0.39 is 10.0 Å². The SMILES string of the molecule is O=C(NCc1ncc(-c2ccccc2)o1)c1cccc(N2CCCS2(=O)=O)c1. The van der Waals surface area contributed by atoms with Gasteiger partial charge < -0.3 is 9.73 Å². The number of amides is 1. The topological polar surface area (TPSA) is 92.5 Å². The number of rotatable bonds is 5. The molecule has 0 spiro atoms. The number of benzene rings is 2. The molecule has 2 aromatic carbocycles. The van der Waals surface area contributed by atoms with Gasteiger partial charge in [-0.15, -0.1) is 0 Å². The highest BCUT2D eigenvalue weighted by Crippen LogP contribution is 2.25. The summed E-state index contributed by atoms with van der Waals surface area (Å²) >= 11 is 0. The average molecular weight is 397 g/mol. The van der Waals surface area contributed by atoms with Crippen molar-refractivity contribution in [1.82, 2.24) is 10.3 Å². The molecule has 1 saturated heterocycles. The molecule has 1 aliphatic heterocycles. The molecule has 0 aliphatic carbocycles. The maximum absolute atomic E-state index is 12.5. The summed E-state index contributed by atoms with van der Waals surface area (Å²) in [5, 5.41) is 2.76. The fourth-order valence-corrected chi connectivity index (χ4v) is 4.67. The Balaban J connectivity index is 1.43. The second kappa shape index (κ2) is 7.47. The van der Waals surface area contributed by atoms with Crippen LogP contribution in [0.4, 0.5) is 5.69 Å². The first-order valence-corrected chi connectivity index (χ1v) is 10.5. The second-order valence-electron chi connectivity index (χ2n) is 6.46. The van der Waals surface area contributed by atoms with Gasteiger partial charge in [-0.2, -0.15) is 0 Å². The van der Waals surface area contributed by atoms with Gasteiger partial charge in [-0.1, -0.05) is 36.4 Å². The van der Waals surface area contributed by atoms with E-state index >= 15 is 0 Å². The van der Waals surface area contributed by atoms with Gasteiger partial charge in [-0.25, -0.2) is 13.4 Å². The third-order valence-corrected chi connectivity index (χ3v) is 6.38. The van der Waals surface area contributed by atoms with Crippen molar-refractivity contribution in [3.8, 4) is 11.3 Å².